The average Bonchev–Trinajstić information content (AvgIpc) is 1.69. The molecule has 2 nitrogen and oxygen atoms in total. The van der Waals surface area contributed by atoms with Crippen molar-refractivity contribution in [3.8, 4) is 0 Å². The molecule has 0 spiro atoms. The summed E-state index contributed by atoms with van der Waals surface area (Å²) in [5, 5.41) is 0. The Bertz CT molecular complexity index is 30.9. The number of hydrogen-bond donors (Lipinski definition) is 1. The first kappa shape index (κ1) is 9.84. The van der Waals surface area contributed by atoms with E-state index in [0.717, 1.165) is 0 Å². The molecule has 0 aliphatic carbocycles. The molecule has 0 bridgehead atoms. The summed E-state index contributed by atoms with van der Waals surface area (Å²) < 4.78 is 8.92. The minimum atomic E-state index is 0.0475. The van der Waals surface area contributed by atoms with Crippen molar-refractivity contribution in [2.24, 2.45) is 0 Å². The number of rotatable bonds is 4. The Labute approximate surface area is 87.6 Å². The van der Waals surface area contributed by atoms with E-state index in [1.54, 1.807) is 0 Å². The van der Waals surface area contributed by atoms with Crippen molar-refractivity contribution in [2.45, 2.75) is 0 Å². The molecular formula is CH3I4NO-2. The molecular weight excluding hydrogens is 550 g/mol. The molecule has 0 atom stereocenters. The van der Waals surface area contributed by atoms with Crippen LogP contribution in [0, 0.1) is 0 Å². The van der Waals surface area contributed by atoms with E-state index >= 15 is 0 Å². The van der Waals surface area contributed by atoms with Crippen molar-refractivity contribution in [1.82, 2.24) is 3.69 Å². The topological polar surface area (TPSA) is 21.3 Å². The third-order valence-corrected chi connectivity index (χ3v) is 15.1. The van der Waals surface area contributed by atoms with Crippen LogP contribution in [0.4, 0.5) is 0 Å². The first-order valence-corrected chi connectivity index (χ1v) is 12.5. The summed E-state index contributed by atoms with van der Waals surface area (Å²) in [6.45, 7) is 0. The van der Waals surface area contributed by atoms with Gasteiger partial charge in [0.1, 0.15) is 0 Å². The maximum absolute atomic E-state index is 4.94. The van der Waals surface area contributed by atoms with Crippen LogP contribution in [0.15, 0.2) is 0 Å². The minimum absolute atomic E-state index is 0.0475. The average molecular weight is 553 g/mol. The maximum atomic E-state index is 4.94. The Hall–Kier alpha value is 2.84. The third-order valence-electron chi connectivity index (χ3n) is 0.163. The molecule has 7 heavy (non-hydrogen) atoms. The van der Waals surface area contributed by atoms with Gasteiger partial charge in [0.25, 0.3) is 0 Å². The number of nitrogens with one attached hydrogen (secondary N) is 1. The van der Waals surface area contributed by atoms with Crippen molar-refractivity contribution >= 4 is 41.5 Å². The fourth-order valence-corrected chi connectivity index (χ4v) is 6.56. The fraction of sp³-hybridized carbons (Fsp3) is 1.00. The van der Waals surface area contributed by atoms with Crippen LogP contribution in [0.5, 0.6) is 0 Å². The Morgan fingerprint density at radius 3 is 2.86 bits per heavy atom. The summed E-state index contributed by atoms with van der Waals surface area (Å²) >= 11 is 4.94. The van der Waals surface area contributed by atoms with Crippen LogP contribution in [0.1, 0.15) is 0 Å². The first-order chi connectivity index (χ1) is 3.41. The van der Waals surface area contributed by atoms with Crippen LogP contribution in [0.25, 0.3) is 0 Å². The van der Waals surface area contributed by atoms with Crippen LogP contribution in [-0.2, 0) is 3.17 Å². The van der Waals surface area contributed by atoms with Gasteiger partial charge in [-0.2, -0.15) is 0 Å². The first-order valence-electron chi connectivity index (χ1n) is 1.22. The molecule has 0 aromatic rings. The van der Waals surface area contributed by atoms with E-state index in [0.29, 0.717) is 17.2 Å². The van der Waals surface area contributed by atoms with Crippen LogP contribution in [-0.4, -0.2) is 2.43 Å². The summed E-state index contributed by atoms with van der Waals surface area (Å²) in [4.78, 5) is 0. The molecule has 0 aliphatic heterocycles. The van der Waals surface area contributed by atoms with Gasteiger partial charge in [-0.3, -0.25) is 0 Å². The molecule has 48 valence electrons. The molecule has 0 unspecified atom stereocenters. The molecule has 0 saturated carbocycles. The van der Waals surface area contributed by atoms with Gasteiger partial charge in [-0.15, -0.1) is 0 Å². The zero-order valence-corrected chi connectivity index (χ0v) is 11.8. The molecule has 0 aromatic heterocycles. The quantitative estimate of drug-likeness (QED) is 0.125. The number of hydrogen-bond acceptors (Lipinski definition) is 2. The molecule has 1 N–H and O–H groups in total. The standard InChI is InChI=1S/CH3I4NO/c2-4-1-5-7-6-3/h6H,1H2/q-2. The molecule has 0 radical (unpaired) electrons. The van der Waals surface area contributed by atoms with Crippen LogP contribution >= 0.6 is 41.5 Å². The van der Waals surface area contributed by atoms with Crippen LogP contribution < -0.4 is 42.5 Å². The molecule has 0 rings (SSSR count). The van der Waals surface area contributed by atoms with E-state index in [1.165, 1.54) is 2.43 Å². The third kappa shape index (κ3) is 8.84. The zero-order chi connectivity index (χ0) is 5.54. The van der Waals surface area contributed by atoms with Gasteiger partial charge >= 0.3 is 89.6 Å². The summed E-state index contributed by atoms with van der Waals surface area (Å²) in [6, 6.07) is 0. The van der Waals surface area contributed by atoms with Crippen molar-refractivity contribution in [1.29, 1.82) is 0 Å². The van der Waals surface area contributed by atoms with Crippen molar-refractivity contribution in [2.75, 3.05) is 2.43 Å². The van der Waals surface area contributed by atoms with E-state index in [-0.39, 0.29) is 21.6 Å². The molecule has 0 heterocycles. The summed E-state index contributed by atoms with van der Waals surface area (Å²) in [7, 11) is 0. The number of alkyl halides is 2. The van der Waals surface area contributed by atoms with Gasteiger partial charge in [-0.05, 0) is 0 Å². The summed E-state index contributed by atoms with van der Waals surface area (Å²) in [6.07, 6.45) is 0. The van der Waals surface area contributed by atoms with E-state index in [2.05, 4.69) is 22.3 Å². The van der Waals surface area contributed by atoms with Gasteiger partial charge in [0.15, 0.2) is 0 Å². The summed E-state index contributed by atoms with van der Waals surface area (Å²) in [5.74, 6) is 0. The molecule has 0 saturated heterocycles. The monoisotopic (exact) mass is 553 g/mol. The van der Waals surface area contributed by atoms with Crippen LogP contribution in [0.2, 0.25) is 0 Å². The summed E-state index contributed by atoms with van der Waals surface area (Å²) in [5.41, 5.74) is 0. The van der Waals surface area contributed by atoms with E-state index in [9.17, 15) is 0 Å². The normalized spacial score (nSPS) is 10.6. The molecule has 0 amide bonds. The molecule has 0 aromatic carbocycles. The van der Waals surface area contributed by atoms with E-state index in [4.69, 9.17) is 3.17 Å². The molecule has 0 aliphatic rings. The van der Waals surface area contributed by atoms with Gasteiger partial charge in [0, 0.05) is 0 Å². The SMILES string of the molecule is INO[I-]C[I-]I. The van der Waals surface area contributed by atoms with Gasteiger partial charge in [0.05, 0.1) is 0 Å². The number of halogens is 4. The second-order valence-electron chi connectivity index (χ2n) is 0.465. The Balaban J connectivity index is 2.45. The Morgan fingerprint density at radius 1 is 1.71 bits per heavy atom. The van der Waals surface area contributed by atoms with Crippen molar-refractivity contribution < 1.29 is 42.0 Å². The van der Waals surface area contributed by atoms with Gasteiger partial charge in [-0.25, -0.2) is 0 Å². The van der Waals surface area contributed by atoms with Gasteiger partial charge in [0.2, 0.25) is 0 Å². The zero-order valence-electron chi connectivity index (χ0n) is 3.13. The van der Waals surface area contributed by atoms with Gasteiger partial charge in [-0.1, -0.05) is 0 Å². The van der Waals surface area contributed by atoms with Crippen molar-refractivity contribution in [3.05, 3.63) is 0 Å². The second kappa shape index (κ2) is 8.84. The van der Waals surface area contributed by atoms with Crippen molar-refractivity contribution in [3.63, 3.8) is 0 Å². The second-order valence-corrected chi connectivity index (χ2v) is 10.9. The molecule has 6 heteroatoms. The van der Waals surface area contributed by atoms with Crippen LogP contribution in [0.3, 0.4) is 0 Å². The Morgan fingerprint density at radius 2 is 2.43 bits per heavy atom. The molecule has 0 fully saturated rings. The predicted molar refractivity (Wildman–Crippen MR) is 37.1 cm³/mol. The van der Waals surface area contributed by atoms with E-state index in [1.807, 2.05) is 22.9 Å². The Kier molecular flexibility index (Phi) is 12.4. The van der Waals surface area contributed by atoms with E-state index < -0.39 is 0 Å². The fourth-order valence-electron chi connectivity index (χ4n) is 0.0568. The van der Waals surface area contributed by atoms with Gasteiger partial charge < -0.3 is 0 Å². The predicted octanol–water partition coefficient (Wildman–Crippen LogP) is -4.74.